The van der Waals surface area contributed by atoms with Crippen molar-refractivity contribution in [2.75, 3.05) is 5.32 Å². The lowest BCUT2D eigenvalue weighted by molar-refractivity contribution is 0.102. The molecule has 1 amide bonds. The lowest BCUT2D eigenvalue weighted by Crippen LogP contribution is -2.13. The predicted octanol–water partition coefficient (Wildman–Crippen LogP) is 7.25. The molecule has 1 aromatic heterocycles. The van der Waals surface area contributed by atoms with Crippen LogP contribution < -0.4 is 5.32 Å². The van der Waals surface area contributed by atoms with Crippen LogP contribution in [0.4, 0.5) is 5.69 Å². The number of hydrogen-bond acceptors (Lipinski definition) is 3. The molecule has 4 aromatic rings. The van der Waals surface area contributed by atoms with Crippen LogP contribution in [0.5, 0.6) is 0 Å². The fourth-order valence-corrected chi connectivity index (χ4v) is 4.18. The first-order valence-corrected chi connectivity index (χ1v) is 11.6. The quantitative estimate of drug-likeness (QED) is 0.245. The molecule has 4 nitrogen and oxygen atoms in total. The average molecular weight is 622 g/mol. The largest absolute Gasteiger partial charge is 0.436 e. The van der Waals surface area contributed by atoms with Crippen LogP contribution in [0.15, 0.2) is 65.1 Å². The van der Waals surface area contributed by atoms with Crippen molar-refractivity contribution in [2.45, 2.75) is 26.2 Å². The van der Waals surface area contributed by atoms with Crippen molar-refractivity contribution in [1.82, 2.24) is 4.98 Å². The van der Waals surface area contributed by atoms with Gasteiger partial charge >= 0.3 is 0 Å². The molecule has 3 aromatic carbocycles. The van der Waals surface area contributed by atoms with Crippen LogP contribution in [0.25, 0.3) is 22.6 Å². The first kappa shape index (κ1) is 21.3. The number of carbonyl (C=O) groups excluding carboxylic acids is 1. The highest BCUT2D eigenvalue weighted by Crippen LogP contribution is 2.29. The van der Waals surface area contributed by atoms with Crippen molar-refractivity contribution in [3.8, 4) is 11.5 Å². The predicted molar refractivity (Wildman–Crippen MR) is 138 cm³/mol. The summed E-state index contributed by atoms with van der Waals surface area (Å²) in [4.78, 5) is 17.3. The SMILES string of the molecule is CC(C)(C)c1ccc(-c2nc3cc(NC(=O)c4cc(I)ccc4I)ccc3o2)cc1. The lowest BCUT2D eigenvalue weighted by atomic mass is 9.87. The Hall–Kier alpha value is -1.94. The van der Waals surface area contributed by atoms with Gasteiger partial charge in [0, 0.05) is 18.4 Å². The standard InChI is InChI=1S/C24H20I2N2O2/c1-24(2,3)15-6-4-14(5-7-15)23-28-20-13-17(9-11-21(20)30-23)27-22(29)18-12-16(25)8-10-19(18)26/h4-13H,1-3H3,(H,27,29). The van der Waals surface area contributed by atoms with Crippen LogP contribution in [0, 0.1) is 7.14 Å². The Kier molecular flexibility index (Phi) is 5.89. The van der Waals surface area contributed by atoms with Crippen LogP contribution in [0.3, 0.4) is 0 Å². The highest BCUT2D eigenvalue weighted by molar-refractivity contribution is 14.1. The van der Waals surface area contributed by atoms with E-state index >= 15 is 0 Å². The number of hydrogen-bond donors (Lipinski definition) is 1. The monoisotopic (exact) mass is 622 g/mol. The van der Waals surface area contributed by atoms with Crippen LogP contribution in [0.2, 0.25) is 0 Å². The molecule has 4 rings (SSSR count). The number of amides is 1. The smallest absolute Gasteiger partial charge is 0.256 e. The Balaban J connectivity index is 1.59. The summed E-state index contributed by atoms with van der Waals surface area (Å²) in [6.45, 7) is 6.57. The van der Waals surface area contributed by atoms with Gasteiger partial charge in [-0.3, -0.25) is 4.79 Å². The molecule has 6 heteroatoms. The molecule has 0 aliphatic rings. The van der Waals surface area contributed by atoms with Crippen LogP contribution in [-0.2, 0) is 5.41 Å². The number of nitrogens with zero attached hydrogens (tertiary/aromatic N) is 1. The number of carbonyl (C=O) groups is 1. The number of rotatable bonds is 3. The van der Waals surface area contributed by atoms with E-state index in [1.54, 1.807) is 0 Å². The molecule has 1 heterocycles. The molecule has 30 heavy (non-hydrogen) atoms. The Morgan fingerprint density at radius 3 is 2.40 bits per heavy atom. The summed E-state index contributed by atoms with van der Waals surface area (Å²) < 4.78 is 7.86. The van der Waals surface area contributed by atoms with Crippen molar-refractivity contribution >= 4 is 67.9 Å². The minimum atomic E-state index is -0.140. The maximum atomic E-state index is 12.7. The second-order valence-electron chi connectivity index (χ2n) is 8.11. The third-order valence-electron chi connectivity index (χ3n) is 4.82. The summed E-state index contributed by atoms with van der Waals surface area (Å²) in [6.07, 6.45) is 0. The van der Waals surface area contributed by atoms with Gasteiger partial charge in [-0.05, 0) is 105 Å². The van der Waals surface area contributed by atoms with Crippen molar-refractivity contribution in [2.24, 2.45) is 0 Å². The number of anilines is 1. The van der Waals surface area contributed by atoms with Crippen LogP contribution in [-0.4, -0.2) is 10.9 Å². The summed E-state index contributed by atoms with van der Waals surface area (Å²) >= 11 is 4.38. The Labute approximate surface area is 202 Å². The molecule has 0 bridgehead atoms. The molecular weight excluding hydrogens is 602 g/mol. The van der Waals surface area contributed by atoms with Gasteiger partial charge < -0.3 is 9.73 Å². The molecule has 0 spiro atoms. The van der Waals surface area contributed by atoms with Crippen molar-refractivity contribution in [1.29, 1.82) is 0 Å². The molecule has 0 aliphatic carbocycles. The van der Waals surface area contributed by atoms with E-state index in [9.17, 15) is 4.79 Å². The Morgan fingerprint density at radius 1 is 0.967 bits per heavy atom. The zero-order chi connectivity index (χ0) is 21.5. The summed E-state index contributed by atoms with van der Waals surface area (Å²) in [7, 11) is 0. The third-order valence-corrected chi connectivity index (χ3v) is 6.43. The van der Waals surface area contributed by atoms with Crippen molar-refractivity contribution in [3.05, 3.63) is 78.9 Å². The Bertz CT molecular complexity index is 1240. The zero-order valence-electron chi connectivity index (χ0n) is 16.8. The number of nitrogens with one attached hydrogen (secondary N) is 1. The fourth-order valence-electron chi connectivity index (χ4n) is 3.11. The number of benzene rings is 3. The maximum absolute atomic E-state index is 12.7. The van der Waals surface area contributed by atoms with Gasteiger partial charge in [-0.25, -0.2) is 4.98 Å². The first-order valence-electron chi connectivity index (χ1n) is 9.48. The summed E-state index contributed by atoms with van der Waals surface area (Å²) in [5.41, 5.74) is 5.02. The topological polar surface area (TPSA) is 55.1 Å². The number of halogens is 2. The van der Waals surface area contributed by atoms with E-state index in [0.717, 1.165) is 12.7 Å². The molecule has 0 radical (unpaired) electrons. The van der Waals surface area contributed by atoms with E-state index in [1.165, 1.54) is 5.56 Å². The second-order valence-corrected chi connectivity index (χ2v) is 10.5. The molecule has 0 aliphatic heterocycles. The minimum Gasteiger partial charge on any atom is -0.436 e. The summed E-state index contributed by atoms with van der Waals surface area (Å²) in [5.74, 6) is 0.430. The molecule has 1 N–H and O–H groups in total. The maximum Gasteiger partial charge on any atom is 0.256 e. The van der Waals surface area contributed by atoms with Gasteiger partial charge in [0.2, 0.25) is 5.89 Å². The van der Waals surface area contributed by atoms with Gasteiger partial charge in [0.1, 0.15) is 5.52 Å². The third kappa shape index (κ3) is 4.54. The molecular formula is C24H20I2N2O2. The lowest BCUT2D eigenvalue weighted by Gasteiger charge is -2.18. The van der Waals surface area contributed by atoms with Gasteiger partial charge in [0.15, 0.2) is 5.58 Å². The van der Waals surface area contributed by atoms with E-state index in [1.807, 2.05) is 48.5 Å². The van der Waals surface area contributed by atoms with E-state index in [2.05, 4.69) is 88.4 Å². The van der Waals surface area contributed by atoms with Crippen molar-refractivity contribution < 1.29 is 9.21 Å². The molecule has 0 atom stereocenters. The van der Waals surface area contributed by atoms with Crippen molar-refractivity contribution in [3.63, 3.8) is 0 Å². The zero-order valence-corrected chi connectivity index (χ0v) is 21.1. The fraction of sp³-hybridized carbons (Fsp3) is 0.167. The highest BCUT2D eigenvalue weighted by Gasteiger charge is 2.16. The van der Waals surface area contributed by atoms with Gasteiger partial charge in [-0.15, -0.1) is 0 Å². The normalized spacial score (nSPS) is 11.6. The first-order chi connectivity index (χ1) is 14.2. The second kappa shape index (κ2) is 8.30. The van der Waals surface area contributed by atoms with Gasteiger partial charge in [0.05, 0.1) is 5.56 Å². The molecule has 0 unspecified atom stereocenters. The minimum absolute atomic E-state index is 0.0988. The highest BCUT2D eigenvalue weighted by atomic mass is 127. The van der Waals surface area contributed by atoms with Crippen LogP contribution >= 0.6 is 45.2 Å². The summed E-state index contributed by atoms with van der Waals surface area (Å²) in [6, 6.07) is 19.6. The number of fused-ring (bicyclic) bond motifs is 1. The number of oxazole rings is 1. The number of aromatic nitrogens is 1. The molecule has 0 saturated carbocycles. The molecule has 152 valence electrons. The van der Waals surface area contributed by atoms with Gasteiger partial charge in [-0.2, -0.15) is 0 Å². The van der Waals surface area contributed by atoms with E-state index in [0.29, 0.717) is 28.2 Å². The average Bonchev–Trinajstić information content (AvgIpc) is 3.12. The summed E-state index contributed by atoms with van der Waals surface area (Å²) in [5, 5.41) is 2.96. The van der Waals surface area contributed by atoms with E-state index in [-0.39, 0.29) is 11.3 Å². The van der Waals surface area contributed by atoms with Gasteiger partial charge in [-0.1, -0.05) is 32.9 Å². The molecule has 0 saturated heterocycles. The molecule has 0 fully saturated rings. The van der Waals surface area contributed by atoms with E-state index in [4.69, 9.17) is 4.42 Å². The van der Waals surface area contributed by atoms with Gasteiger partial charge in [0.25, 0.3) is 5.91 Å². The van der Waals surface area contributed by atoms with E-state index < -0.39 is 0 Å². The van der Waals surface area contributed by atoms with Crippen LogP contribution in [0.1, 0.15) is 36.7 Å². The Morgan fingerprint density at radius 2 is 1.70 bits per heavy atom.